The van der Waals surface area contributed by atoms with Crippen molar-refractivity contribution in [3.63, 3.8) is 0 Å². The lowest BCUT2D eigenvalue weighted by atomic mass is 9.88. The molecule has 2 atom stereocenters. The highest BCUT2D eigenvalue weighted by atomic mass is 32.2. The van der Waals surface area contributed by atoms with Crippen molar-refractivity contribution in [2.75, 3.05) is 45.9 Å². The number of carboxylic acids is 1. The van der Waals surface area contributed by atoms with Gasteiger partial charge in [0.1, 0.15) is 9.84 Å². The van der Waals surface area contributed by atoms with E-state index in [9.17, 15) is 18.3 Å². The highest BCUT2D eigenvalue weighted by Gasteiger charge is 2.40. The van der Waals surface area contributed by atoms with Crippen LogP contribution in [-0.4, -0.2) is 70.3 Å². The second-order valence-corrected chi connectivity index (χ2v) is 8.28. The second-order valence-electron chi connectivity index (χ2n) is 6.02. The molecule has 1 aromatic carbocycles. The average Bonchev–Trinajstić information content (AvgIpc) is 2.95. The van der Waals surface area contributed by atoms with Gasteiger partial charge in [0.05, 0.1) is 25.9 Å². The number of ether oxygens (including phenoxy) is 2. The Kier molecular flexibility index (Phi) is 5.71. The molecule has 134 valence electrons. The Bertz CT molecular complexity index is 703. The van der Waals surface area contributed by atoms with Gasteiger partial charge in [0.2, 0.25) is 0 Å². The predicted molar refractivity (Wildman–Crippen MR) is 89.6 cm³/mol. The molecular formula is C16H23NO6S. The minimum Gasteiger partial charge on any atom is -0.493 e. The van der Waals surface area contributed by atoms with Crippen molar-refractivity contribution in [3.05, 3.63) is 23.8 Å². The normalized spacial score (nSPS) is 21.6. The summed E-state index contributed by atoms with van der Waals surface area (Å²) < 4.78 is 33.4. The molecule has 0 aliphatic carbocycles. The standard InChI is InChI=1S/C16H23NO6S/c1-22-14-6-4-5-11(15(14)23-2)12-9-17(7-8-24(3,20)21)10-13(12)16(18)19/h4-6,12-13H,7-10H2,1-3H3,(H,18,19)/t12-,13+/m0/s1. The van der Waals surface area contributed by atoms with Gasteiger partial charge in [-0.05, 0) is 6.07 Å². The summed E-state index contributed by atoms with van der Waals surface area (Å²) in [5.74, 6) is -0.708. The zero-order valence-corrected chi connectivity index (χ0v) is 14.9. The van der Waals surface area contributed by atoms with E-state index in [2.05, 4.69) is 0 Å². The topological polar surface area (TPSA) is 93.1 Å². The van der Waals surface area contributed by atoms with Crippen molar-refractivity contribution in [1.82, 2.24) is 4.90 Å². The number of methoxy groups -OCH3 is 2. The van der Waals surface area contributed by atoms with Crippen molar-refractivity contribution >= 4 is 15.8 Å². The highest BCUT2D eigenvalue weighted by Crippen LogP contribution is 2.41. The van der Waals surface area contributed by atoms with Crippen molar-refractivity contribution in [2.24, 2.45) is 5.92 Å². The molecule has 0 saturated carbocycles. The van der Waals surface area contributed by atoms with Gasteiger partial charge in [0, 0.05) is 37.4 Å². The van der Waals surface area contributed by atoms with E-state index in [4.69, 9.17) is 9.47 Å². The van der Waals surface area contributed by atoms with E-state index in [0.29, 0.717) is 31.1 Å². The fraction of sp³-hybridized carbons (Fsp3) is 0.562. The lowest BCUT2D eigenvalue weighted by molar-refractivity contribution is -0.141. The third-order valence-electron chi connectivity index (χ3n) is 4.32. The predicted octanol–water partition coefficient (Wildman–Crippen LogP) is 0.848. The molecule has 1 heterocycles. The summed E-state index contributed by atoms with van der Waals surface area (Å²) in [4.78, 5) is 13.5. The van der Waals surface area contributed by atoms with E-state index < -0.39 is 21.7 Å². The fourth-order valence-corrected chi connectivity index (χ4v) is 3.72. The van der Waals surface area contributed by atoms with Gasteiger partial charge >= 0.3 is 5.97 Å². The van der Waals surface area contributed by atoms with Crippen molar-refractivity contribution in [2.45, 2.75) is 5.92 Å². The number of hydrogen-bond donors (Lipinski definition) is 1. The minimum atomic E-state index is -3.09. The summed E-state index contributed by atoms with van der Waals surface area (Å²) in [6, 6.07) is 5.39. The summed E-state index contributed by atoms with van der Waals surface area (Å²) in [6.07, 6.45) is 1.18. The van der Waals surface area contributed by atoms with Gasteiger partial charge in [-0.3, -0.25) is 4.79 Å². The molecule has 1 aliphatic rings. The van der Waals surface area contributed by atoms with Crippen LogP contribution in [0, 0.1) is 5.92 Å². The Morgan fingerprint density at radius 3 is 2.54 bits per heavy atom. The first-order chi connectivity index (χ1) is 11.3. The van der Waals surface area contributed by atoms with Crippen LogP contribution < -0.4 is 9.47 Å². The van der Waals surface area contributed by atoms with Gasteiger partial charge in [-0.15, -0.1) is 0 Å². The average molecular weight is 357 g/mol. The van der Waals surface area contributed by atoms with Crippen LogP contribution in [0.3, 0.4) is 0 Å². The Balaban J connectivity index is 2.29. The van der Waals surface area contributed by atoms with Crippen LogP contribution in [0.15, 0.2) is 18.2 Å². The maximum atomic E-state index is 11.7. The van der Waals surface area contributed by atoms with Crippen molar-refractivity contribution in [1.29, 1.82) is 0 Å². The summed E-state index contributed by atoms with van der Waals surface area (Å²) in [5, 5.41) is 9.56. The largest absolute Gasteiger partial charge is 0.493 e. The van der Waals surface area contributed by atoms with Crippen LogP contribution in [-0.2, 0) is 14.6 Å². The SMILES string of the molecule is COc1cccc([C@@H]2CN(CCS(C)(=O)=O)C[C@H]2C(=O)O)c1OC. The van der Waals surface area contributed by atoms with Gasteiger partial charge < -0.3 is 19.5 Å². The van der Waals surface area contributed by atoms with Crippen molar-refractivity contribution < 1.29 is 27.8 Å². The molecule has 1 saturated heterocycles. The minimum absolute atomic E-state index is 0.0152. The molecule has 1 aromatic rings. The van der Waals surface area contributed by atoms with Gasteiger partial charge in [0.25, 0.3) is 0 Å². The third-order valence-corrected chi connectivity index (χ3v) is 5.25. The molecule has 2 rings (SSSR count). The molecule has 1 fully saturated rings. The molecule has 0 unspecified atom stereocenters. The van der Waals surface area contributed by atoms with E-state index in [1.807, 2.05) is 11.0 Å². The summed E-state index contributed by atoms with van der Waals surface area (Å²) in [6.45, 7) is 1.11. The molecule has 0 amide bonds. The lowest BCUT2D eigenvalue weighted by Gasteiger charge is -2.20. The van der Waals surface area contributed by atoms with Crippen LogP contribution in [0.25, 0.3) is 0 Å². The van der Waals surface area contributed by atoms with E-state index >= 15 is 0 Å². The molecule has 0 aromatic heterocycles. The monoisotopic (exact) mass is 357 g/mol. The summed E-state index contributed by atoms with van der Waals surface area (Å²) in [5.41, 5.74) is 0.770. The number of benzene rings is 1. The number of carboxylic acid groups (broad SMARTS) is 1. The molecular weight excluding hydrogens is 334 g/mol. The van der Waals surface area contributed by atoms with Crippen LogP contribution in [0.4, 0.5) is 0 Å². The zero-order valence-electron chi connectivity index (χ0n) is 14.1. The summed E-state index contributed by atoms with van der Waals surface area (Å²) >= 11 is 0. The Labute approximate surface area is 142 Å². The van der Waals surface area contributed by atoms with E-state index in [1.165, 1.54) is 20.5 Å². The van der Waals surface area contributed by atoms with Crippen LogP contribution >= 0.6 is 0 Å². The Hall–Kier alpha value is -1.80. The van der Waals surface area contributed by atoms with Crippen LogP contribution in [0.1, 0.15) is 11.5 Å². The van der Waals surface area contributed by atoms with E-state index in [0.717, 1.165) is 5.56 Å². The molecule has 7 nitrogen and oxygen atoms in total. The number of rotatable bonds is 7. The number of carbonyl (C=O) groups is 1. The van der Waals surface area contributed by atoms with Crippen LogP contribution in [0.5, 0.6) is 11.5 Å². The maximum absolute atomic E-state index is 11.7. The first-order valence-electron chi connectivity index (χ1n) is 7.60. The number of hydrogen-bond acceptors (Lipinski definition) is 6. The molecule has 1 aliphatic heterocycles. The molecule has 8 heteroatoms. The summed E-state index contributed by atoms with van der Waals surface area (Å²) in [7, 11) is -0.0363. The number of sulfone groups is 1. The first-order valence-corrected chi connectivity index (χ1v) is 9.66. The van der Waals surface area contributed by atoms with E-state index in [1.54, 1.807) is 12.1 Å². The quantitative estimate of drug-likeness (QED) is 0.773. The smallest absolute Gasteiger partial charge is 0.308 e. The van der Waals surface area contributed by atoms with Gasteiger partial charge in [-0.25, -0.2) is 8.42 Å². The molecule has 1 N–H and O–H groups in total. The van der Waals surface area contributed by atoms with Crippen molar-refractivity contribution in [3.8, 4) is 11.5 Å². The number of likely N-dealkylation sites (tertiary alicyclic amines) is 1. The third kappa shape index (κ3) is 4.18. The van der Waals surface area contributed by atoms with Gasteiger partial charge in [-0.1, -0.05) is 12.1 Å². The van der Waals surface area contributed by atoms with Gasteiger partial charge in [-0.2, -0.15) is 0 Å². The number of nitrogens with zero attached hydrogens (tertiary/aromatic N) is 1. The molecule has 24 heavy (non-hydrogen) atoms. The van der Waals surface area contributed by atoms with Gasteiger partial charge in [0.15, 0.2) is 11.5 Å². The van der Waals surface area contributed by atoms with Crippen LogP contribution in [0.2, 0.25) is 0 Å². The molecule has 0 bridgehead atoms. The second kappa shape index (κ2) is 7.40. The zero-order chi connectivity index (χ0) is 17.9. The molecule has 0 spiro atoms. The number of aliphatic carboxylic acids is 1. The Morgan fingerprint density at radius 1 is 1.29 bits per heavy atom. The number of para-hydroxylation sites is 1. The lowest BCUT2D eigenvalue weighted by Crippen LogP contribution is -2.28. The maximum Gasteiger partial charge on any atom is 0.308 e. The first kappa shape index (κ1) is 18.5. The highest BCUT2D eigenvalue weighted by molar-refractivity contribution is 7.90. The van der Waals surface area contributed by atoms with E-state index in [-0.39, 0.29) is 11.7 Å². The Morgan fingerprint density at radius 2 is 2.00 bits per heavy atom. The molecule has 0 radical (unpaired) electrons. The fourth-order valence-electron chi connectivity index (χ4n) is 3.13.